The first-order valence-corrected chi connectivity index (χ1v) is 7.02. The van der Waals surface area contributed by atoms with E-state index in [9.17, 15) is 0 Å². The second-order valence-electron chi connectivity index (χ2n) is 5.37. The van der Waals surface area contributed by atoms with Gasteiger partial charge in [-0.1, -0.05) is 17.7 Å². The van der Waals surface area contributed by atoms with Crippen molar-refractivity contribution in [3.8, 4) is 5.75 Å². The van der Waals surface area contributed by atoms with Gasteiger partial charge >= 0.3 is 0 Å². The molecule has 1 aromatic heterocycles. The summed E-state index contributed by atoms with van der Waals surface area (Å²) in [4.78, 5) is 0. The van der Waals surface area contributed by atoms with Crippen molar-refractivity contribution in [2.24, 2.45) is 7.05 Å². The SMILES string of the molecule is Cc1ccc2c(c1)CC(CNCCc1nncn1C)O2. The molecule has 0 fully saturated rings. The molecule has 20 heavy (non-hydrogen) atoms. The zero-order chi connectivity index (χ0) is 13.9. The minimum absolute atomic E-state index is 0.242. The maximum absolute atomic E-state index is 5.93. The summed E-state index contributed by atoms with van der Waals surface area (Å²) in [6.07, 6.45) is 3.85. The lowest BCUT2D eigenvalue weighted by Crippen LogP contribution is -2.31. The molecule has 0 spiro atoms. The van der Waals surface area contributed by atoms with Gasteiger partial charge in [0.1, 0.15) is 24.0 Å². The molecule has 1 atom stereocenters. The van der Waals surface area contributed by atoms with E-state index in [1.165, 1.54) is 11.1 Å². The van der Waals surface area contributed by atoms with Gasteiger partial charge in [-0.2, -0.15) is 0 Å². The molecule has 106 valence electrons. The highest BCUT2D eigenvalue weighted by atomic mass is 16.5. The van der Waals surface area contributed by atoms with Crippen molar-refractivity contribution in [1.82, 2.24) is 20.1 Å². The largest absolute Gasteiger partial charge is 0.488 e. The van der Waals surface area contributed by atoms with Gasteiger partial charge in [0.25, 0.3) is 0 Å². The summed E-state index contributed by atoms with van der Waals surface area (Å²) in [5.41, 5.74) is 2.62. The summed E-state index contributed by atoms with van der Waals surface area (Å²) in [5.74, 6) is 2.04. The summed E-state index contributed by atoms with van der Waals surface area (Å²) in [6.45, 7) is 3.88. The fourth-order valence-electron chi connectivity index (χ4n) is 2.56. The highest BCUT2D eigenvalue weighted by Crippen LogP contribution is 2.29. The molecule has 5 nitrogen and oxygen atoms in total. The number of ether oxygens (including phenoxy) is 1. The van der Waals surface area contributed by atoms with Crippen LogP contribution in [0.15, 0.2) is 24.5 Å². The fourth-order valence-corrected chi connectivity index (χ4v) is 2.56. The number of rotatable bonds is 5. The van der Waals surface area contributed by atoms with Gasteiger partial charge < -0.3 is 14.6 Å². The van der Waals surface area contributed by atoms with Crippen molar-refractivity contribution in [2.45, 2.75) is 25.9 Å². The first-order chi connectivity index (χ1) is 9.72. The van der Waals surface area contributed by atoms with Crippen LogP contribution in [0.1, 0.15) is 17.0 Å². The van der Waals surface area contributed by atoms with Gasteiger partial charge in [0.05, 0.1) is 0 Å². The van der Waals surface area contributed by atoms with Crippen molar-refractivity contribution in [2.75, 3.05) is 13.1 Å². The topological polar surface area (TPSA) is 52.0 Å². The minimum atomic E-state index is 0.242. The number of nitrogens with zero attached hydrogens (tertiary/aromatic N) is 3. The Bertz CT molecular complexity index is 593. The lowest BCUT2D eigenvalue weighted by molar-refractivity contribution is 0.228. The third-order valence-corrected chi connectivity index (χ3v) is 3.66. The predicted molar refractivity (Wildman–Crippen MR) is 76.9 cm³/mol. The predicted octanol–water partition coefficient (Wildman–Crippen LogP) is 1.26. The smallest absolute Gasteiger partial charge is 0.133 e. The number of hydrogen-bond donors (Lipinski definition) is 1. The normalized spacial score (nSPS) is 17.0. The zero-order valence-corrected chi connectivity index (χ0v) is 12.0. The molecule has 1 unspecified atom stereocenters. The second-order valence-corrected chi connectivity index (χ2v) is 5.37. The third kappa shape index (κ3) is 2.82. The quantitative estimate of drug-likeness (QED) is 0.833. The summed E-state index contributed by atoms with van der Waals surface area (Å²) in [7, 11) is 1.97. The molecule has 0 bridgehead atoms. The summed E-state index contributed by atoms with van der Waals surface area (Å²) in [5, 5.41) is 11.4. The lowest BCUT2D eigenvalue weighted by Gasteiger charge is -2.11. The molecule has 1 aliphatic rings. The molecule has 0 amide bonds. The van der Waals surface area contributed by atoms with Crippen LogP contribution in [0.4, 0.5) is 0 Å². The molecule has 0 saturated heterocycles. The number of benzene rings is 1. The molecule has 0 aliphatic carbocycles. The maximum Gasteiger partial charge on any atom is 0.133 e. The third-order valence-electron chi connectivity index (χ3n) is 3.66. The maximum atomic E-state index is 5.93. The van der Waals surface area contributed by atoms with Gasteiger partial charge in [-0.15, -0.1) is 10.2 Å². The van der Waals surface area contributed by atoms with Crippen LogP contribution in [-0.4, -0.2) is 34.0 Å². The van der Waals surface area contributed by atoms with E-state index in [0.29, 0.717) is 0 Å². The van der Waals surface area contributed by atoms with Gasteiger partial charge in [-0.25, -0.2) is 0 Å². The van der Waals surface area contributed by atoms with Crippen LogP contribution in [-0.2, 0) is 19.9 Å². The Balaban J connectivity index is 1.44. The number of aryl methyl sites for hydroxylation is 2. The Morgan fingerprint density at radius 3 is 3.15 bits per heavy atom. The lowest BCUT2D eigenvalue weighted by atomic mass is 10.1. The van der Waals surface area contributed by atoms with E-state index < -0.39 is 0 Å². The first kappa shape index (κ1) is 13.1. The van der Waals surface area contributed by atoms with Crippen molar-refractivity contribution in [3.63, 3.8) is 0 Å². The monoisotopic (exact) mass is 272 g/mol. The molecule has 1 aliphatic heterocycles. The van der Waals surface area contributed by atoms with E-state index >= 15 is 0 Å². The summed E-state index contributed by atoms with van der Waals surface area (Å²) in [6, 6.07) is 6.39. The zero-order valence-electron chi connectivity index (χ0n) is 12.0. The Kier molecular flexibility index (Phi) is 3.69. The highest BCUT2D eigenvalue weighted by molar-refractivity contribution is 5.40. The standard InChI is InChI=1S/C15H20N4O/c1-11-3-4-14-12(7-11)8-13(20-14)9-16-6-5-15-18-17-10-19(15)2/h3-4,7,10,13,16H,5-6,8-9H2,1-2H3. The molecular formula is C15H20N4O. The molecule has 2 heterocycles. The van der Waals surface area contributed by atoms with Gasteiger partial charge in [0.2, 0.25) is 0 Å². The van der Waals surface area contributed by atoms with Crippen LogP contribution in [0.25, 0.3) is 0 Å². The summed E-state index contributed by atoms with van der Waals surface area (Å²) < 4.78 is 7.88. The number of nitrogens with one attached hydrogen (secondary N) is 1. The van der Waals surface area contributed by atoms with Crippen LogP contribution in [0.3, 0.4) is 0 Å². The van der Waals surface area contributed by atoms with E-state index in [1.807, 2.05) is 11.6 Å². The molecule has 5 heteroatoms. The van der Waals surface area contributed by atoms with Crippen LogP contribution in [0.5, 0.6) is 5.75 Å². The number of hydrogen-bond acceptors (Lipinski definition) is 4. The second kappa shape index (κ2) is 5.63. The number of fused-ring (bicyclic) bond motifs is 1. The minimum Gasteiger partial charge on any atom is -0.488 e. The fraction of sp³-hybridized carbons (Fsp3) is 0.467. The van der Waals surface area contributed by atoms with Crippen molar-refractivity contribution in [1.29, 1.82) is 0 Å². The average Bonchev–Trinajstić information content (AvgIpc) is 3.00. The van der Waals surface area contributed by atoms with E-state index in [-0.39, 0.29) is 6.10 Å². The molecule has 1 aromatic carbocycles. The average molecular weight is 272 g/mol. The van der Waals surface area contributed by atoms with Gasteiger partial charge in [0.15, 0.2) is 0 Å². The molecule has 2 aromatic rings. The van der Waals surface area contributed by atoms with Crippen LogP contribution in [0, 0.1) is 6.92 Å². The van der Waals surface area contributed by atoms with E-state index in [0.717, 1.165) is 37.5 Å². The Morgan fingerprint density at radius 1 is 1.45 bits per heavy atom. The van der Waals surface area contributed by atoms with Crippen molar-refractivity contribution in [3.05, 3.63) is 41.5 Å². The first-order valence-electron chi connectivity index (χ1n) is 7.02. The number of aromatic nitrogens is 3. The van der Waals surface area contributed by atoms with E-state index in [2.05, 4.69) is 40.6 Å². The van der Waals surface area contributed by atoms with Crippen LogP contribution < -0.4 is 10.1 Å². The Labute approximate surface area is 119 Å². The molecular weight excluding hydrogens is 252 g/mol. The van der Waals surface area contributed by atoms with Crippen molar-refractivity contribution >= 4 is 0 Å². The Morgan fingerprint density at radius 2 is 2.35 bits per heavy atom. The molecule has 0 radical (unpaired) electrons. The molecule has 3 rings (SSSR count). The van der Waals surface area contributed by atoms with Crippen molar-refractivity contribution < 1.29 is 4.74 Å². The van der Waals surface area contributed by atoms with E-state index in [1.54, 1.807) is 6.33 Å². The Hall–Kier alpha value is -1.88. The van der Waals surface area contributed by atoms with Gasteiger partial charge in [-0.05, 0) is 18.6 Å². The van der Waals surface area contributed by atoms with Gasteiger partial charge in [-0.3, -0.25) is 0 Å². The molecule has 0 saturated carbocycles. The highest BCUT2D eigenvalue weighted by Gasteiger charge is 2.22. The van der Waals surface area contributed by atoms with Crippen LogP contribution >= 0.6 is 0 Å². The van der Waals surface area contributed by atoms with Gasteiger partial charge in [0, 0.05) is 33.0 Å². The summed E-state index contributed by atoms with van der Waals surface area (Å²) >= 11 is 0. The van der Waals surface area contributed by atoms with E-state index in [4.69, 9.17) is 4.74 Å². The molecule has 1 N–H and O–H groups in total. The van der Waals surface area contributed by atoms with Crippen LogP contribution in [0.2, 0.25) is 0 Å².